The van der Waals surface area contributed by atoms with Crippen molar-refractivity contribution in [1.82, 2.24) is 4.98 Å². The summed E-state index contributed by atoms with van der Waals surface area (Å²) in [5.41, 5.74) is 12.7. The molecule has 1 atom stereocenters. The van der Waals surface area contributed by atoms with Crippen LogP contribution >= 0.6 is 11.6 Å². The lowest BCUT2D eigenvalue weighted by molar-refractivity contribution is 0.629. The molecule has 0 bridgehead atoms. The fraction of sp³-hybridized carbons (Fsp3) is 0.154. The van der Waals surface area contributed by atoms with E-state index in [1.807, 2.05) is 19.1 Å². The summed E-state index contributed by atoms with van der Waals surface area (Å²) in [6.07, 6.45) is 3.37. The molecule has 1 heterocycles. The average molecular weight is 281 g/mol. The van der Waals surface area contributed by atoms with Gasteiger partial charge >= 0.3 is 0 Å². The van der Waals surface area contributed by atoms with E-state index in [-0.39, 0.29) is 28.1 Å². The number of nitrogens with one attached hydrogen (secondary N) is 1. The van der Waals surface area contributed by atoms with Gasteiger partial charge in [-0.05, 0) is 24.6 Å². The van der Waals surface area contributed by atoms with E-state index in [2.05, 4.69) is 10.3 Å². The van der Waals surface area contributed by atoms with Crippen molar-refractivity contribution in [3.63, 3.8) is 0 Å². The second-order valence-electron chi connectivity index (χ2n) is 4.21. The maximum atomic E-state index is 14.0. The normalized spacial score (nSPS) is 12.2. The zero-order valence-electron chi connectivity index (χ0n) is 10.3. The van der Waals surface area contributed by atoms with Gasteiger partial charge in [0.05, 0.1) is 23.1 Å². The molecule has 0 radical (unpaired) electrons. The third kappa shape index (κ3) is 2.71. The third-order valence-electron chi connectivity index (χ3n) is 2.81. The van der Waals surface area contributed by atoms with Gasteiger partial charge in [-0.25, -0.2) is 4.39 Å². The van der Waals surface area contributed by atoms with Crippen LogP contribution in [0, 0.1) is 5.82 Å². The molecule has 1 aromatic heterocycles. The minimum Gasteiger partial charge on any atom is -0.397 e. The fourth-order valence-corrected chi connectivity index (χ4v) is 1.89. The predicted molar refractivity (Wildman–Crippen MR) is 76.5 cm³/mol. The molecule has 1 aromatic carbocycles. The van der Waals surface area contributed by atoms with E-state index in [0.717, 1.165) is 5.56 Å². The molecule has 0 spiro atoms. The third-order valence-corrected chi connectivity index (χ3v) is 3.19. The van der Waals surface area contributed by atoms with E-state index in [1.165, 1.54) is 6.07 Å². The van der Waals surface area contributed by atoms with Crippen molar-refractivity contribution in [2.75, 3.05) is 16.8 Å². The van der Waals surface area contributed by atoms with Gasteiger partial charge < -0.3 is 16.8 Å². The number of anilines is 3. The molecule has 0 aliphatic carbocycles. The first-order chi connectivity index (χ1) is 9.00. The number of aromatic nitrogens is 1. The molecule has 19 heavy (non-hydrogen) atoms. The number of hydrogen-bond acceptors (Lipinski definition) is 4. The van der Waals surface area contributed by atoms with Gasteiger partial charge in [0, 0.05) is 12.4 Å². The Labute approximate surface area is 115 Å². The van der Waals surface area contributed by atoms with Gasteiger partial charge in [-0.3, -0.25) is 4.98 Å². The average Bonchev–Trinajstić information content (AvgIpc) is 2.42. The first-order valence-electron chi connectivity index (χ1n) is 5.70. The molecule has 0 fully saturated rings. The molecule has 6 heteroatoms. The highest BCUT2D eigenvalue weighted by atomic mass is 35.5. The molecule has 2 aromatic rings. The van der Waals surface area contributed by atoms with E-state index in [9.17, 15) is 4.39 Å². The van der Waals surface area contributed by atoms with Crippen molar-refractivity contribution < 1.29 is 4.39 Å². The number of rotatable bonds is 3. The van der Waals surface area contributed by atoms with Crippen LogP contribution in [0.4, 0.5) is 21.5 Å². The Hall–Kier alpha value is -2.01. The van der Waals surface area contributed by atoms with Crippen LogP contribution < -0.4 is 16.8 Å². The zero-order chi connectivity index (χ0) is 14.0. The van der Waals surface area contributed by atoms with Crippen molar-refractivity contribution in [2.24, 2.45) is 0 Å². The summed E-state index contributed by atoms with van der Waals surface area (Å²) in [4.78, 5) is 4.01. The van der Waals surface area contributed by atoms with Crippen molar-refractivity contribution in [3.05, 3.63) is 47.0 Å². The largest absolute Gasteiger partial charge is 0.397 e. The van der Waals surface area contributed by atoms with Crippen LogP contribution in [0.1, 0.15) is 18.5 Å². The Balaban J connectivity index is 2.32. The Morgan fingerprint density at radius 2 is 2.11 bits per heavy atom. The first kappa shape index (κ1) is 13.4. The van der Waals surface area contributed by atoms with Gasteiger partial charge in [-0.2, -0.15) is 0 Å². The van der Waals surface area contributed by atoms with E-state index in [0.29, 0.717) is 0 Å². The van der Waals surface area contributed by atoms with E-state index in [1.54, 1.807) is 12.4 Å². The molecule has 1 unspecified atom stereocenters. The second kappa shape index (κ2) is 5.32. The van der Waals surface area contributed by atoms with Crippen LogP contribution in [0.5, 0.6) is 0 Å². The highest BCUT2D eigenvalue weighted by Gasteiger charge is 2.16. The Bertz CT molecular complexity index is 589. The summed E-state index contributed by atoms with van der Waals surface area (Å²) in [5.74, 6) is -0.644. The Kier molecular flexibility index (Phi) is 3.76. The summed E-state index contributed by atoms with van der Waals surface area (Å²) < 4.78 is 14.0. The van der Waals surface area contributed by atoms with Crippen LogP contribution in [0.15, 0.2) is 30.6 Å². The quantitative estimate of drug-likeness (QED) is 0.755. The minimum atomic E-state index is -0.644. The Morgan fingerprint density at radius 3 is 2.74 bits per heavy atom. The Morgan fingerprint density at radius 1 is 1.37 bits per heavy atom. The van der Waals surface area contributed by atoms with Gasteiger partial charge in [0.1, 0.15) is 5.02 Å². The van der Waals surface area contributed by atoms with Crippen LogP contribution in [0.3, 0.4) is 0 Å². The first-order valence-corrected chi connectivity index (χ1v) is 6.08. The van der Waals surface area contributed by atoms with Crippen LogP contribution in [-0.2, 0) is 0 Å². The van der Waals surface area contributed by atoms with E-state index in [4.69, 9.17) is 23.1 Å². The molecular weight excluding hydrogens is 267 g/mol. The summed E-state index contributed by atoms with van der Waals surface area (Å²) >= 11 is 5.78. The lowest BCUT2D eigenvalue weighted by Gasteiger charge is -2.18. The van der Waals surface area contributed by atoms with Gasteiger partial charge in [0.25, 0.3) is 0 Å². The van der Waals surface area contributed by atoms with Crippen molar-refractivity contribution in [3.8, 4) is 0 Å². The number of benzene rings is 1. The van der Waals surface area contributed by atoms with Gasteiger partial charge in [0.2, 0.25) is 0 Å². The molecule has 2 rings (SSSR count). The highest BCUT2D eigenvalue weighted by molar-refractivity contribution is 6.33. The molecule has 0 saturated carbocycles. The standard InChI is InChI=1S/C13H14ClFN4/c1-7(8-3-2-4-18-6-8)19-13-10(17)5-9(16)11(14)12(13)15/h2-7,19H,16-17H2,1H3. The second-order valence-corrected chi connectivity index (χ2v) is 4.59. The summed E-state index contributed by atoms with van der Waals surface area (Å²) in [6, 6.07) is 4.97. The van der Waals surface area contributed by atoms with Gasteiger partial charge in [0.15, 0.2) is 5.82 Å². The monoisotopic (exact) mass is 280 g/mol. The number of halogens is 2. The lowest BCUT2D eigenvalue weighted by Crippen LogP contribution is -2.11. The number of nitrogen functional groups attached to an aromatic ring is 2. The van der Waals surface area contributed by atoms with Crippen molar-refractivity contribution in [1.29, 1.82) is 0 Å². The van der Waals surface area contributed by atoms with Crippen LogP contribution in [0.25, 0.3) is 0 Å². The molecule has 4 nitrogen and oxygen atoms in total. The SMILES string of the molecule is CC(Nc1c(N)cc(N)c(Cl)c1F)c1cccnc1. The maximum absolute atomic E-state index is 14.0. The molecule has 5 N–H and O–H groups in total. The van der Waals surface area contributed by atoms with Crippen LogP contribution in [0.2, 0.25) is 5.02 Å². The summed E-state index contributed by atoms with van der Waals surface area (Å²) in [7, 11) is 0. The molecule has 0 aliphatic heterocycles. The van der Waals surface area contributed by atoms with E-state index < -0.39 is 5.82 Å². The number of nitrogens with zero attached hydrogens (tertiary/aromatic N) is 1. The topological polar surface area (TPSA) is 77.0 Å². The number of nitrogens with two attached hydrogens (primary N) is 2. The van der Waals surface area contributed by atoms with Crippen molar-refractivity contribution in [2.45, 2.75) is 13.0 Å². The molecule has 0 amide bonds. The zero-order valence-corrected chi connectivity index (χ0v) is 11.1. The molecule has 100 valence electrons. The lowest BCUT2D eigenvalue weighted by atomic mass is 10.1. The van der Waals surface area contributed by atoms with Gasteiger partial charge in [-0.15, -0.1) is 0 Å². The predicted octanol–water partition coefficient (Wildman–Crippen LogP) is 3.21. The smallest absolute Gasteiger partial charge is 0.169 e. The van der Waals surface area contributed by atoms with Crippen LogP contribution in [-0.4, -0.2) is 4.98 Å². The molecule has 0 aliphatic rings. The van der Waals surface area contributed by atoms with Crippen molar-refractivity contribution >= 4 is 28.7 Å². The fourth-order valence-electron chi connectivity index (χ4n) is 1.74. The summed E-state index contributed by atoms with van der Waals surface area (Å²) in [5, 5.41) is 2.85. The van der Waals surface area contributed by atoms with Gasteiger partial charge in [-0.1, -0.05) is 17.7 Å². The number of pyridine rings is 1. The number of hydrogen-bond donors (Lipinski definition) is 3. The molecule has 0 saturated heterocycles. The maximum Gasteiger partial charge on any atom is 0.169 e. The molecular formula is C13H14ClFN4. The summed E-state index contributed by atoms with van der Waals surface area (Å²) in [6.45, 7) is 1.88. The highest BCUT2D eigenvalue weighted by Crippen LogP contribution is 2.35. The minimum absolute atomic E-state index is 0.122. The van der Waals surface area contributed by atoms with E-state index >= 15 is 0 Å².